The first kappa shape index (κ1) is 34.8. The third kappa shape index (κ3) is 7.96. The summed E-state index contributed by atoms with van der Waals surface area (Å²) < 4.78 is 0. The number of hydrogen-bond donors (Lipinski definition) is 3. The van der Waals surface area contributed by atoms with E-state index in [9.17, 15) is 19.8 Å². The molecule has 4 aliphatic carbocycles. The molecule has 2 aromatic rings. The van der Waals surface area contributed by atoms with Gasteiger partial charge in [0.1, 0.15) is 0 Å². The fourth-order valence-corrected chi connectivity index (χ4v) is 9.10. The van der Waals surface area contributed by atoms with Crippen LogP contribution in [0.1, 0.15) is 131 Å². The number of urea groups is 1. The van der Waals surface area contributed by atoms with Crippen molar-refractivity contribution in [1.29, 1.82) is 0 Å². The van der Waals surface area contributed by atoms with Gasteiger partial charge < -0.3 is 20.4 Å². The Labute approximate surface area is 280 Å². The van der Waals surface area contributed by atoms with E-state index in [1.54, 1.807) is 11.3 Å². The average molecular weight is 649 g/mol. The minimum atomic E-state index is -1.12. The topological polar surface area (TPSA) is 89.9 Å². The van der Waals surface area contributed by atoms with Gasteiger partial charge in [-0.15, -0.1) is 11.3 Å². The van der Waals surface area contributed by atoms with Gasteiger partial charge in [0.05, 0.1) is 18.2 Å². The van der Waals surface area contributed by atoms with E-state index >= 15 is 0 Å². The van der Waals surface area contributed by atoms with Crippen molar-refractivity contribution in [3.63, 3.8) is 0 Å². The predicted molar refractivity (Wildman–Crippen MR) is 188 cm³/mol. The molecule has 46 heavy (non-hydrogen) atoms. The van der Waals surface area contributed by atoms with Crippen LogP contribution in [0.5, 0.6) is 0 Å². The van der Waals surface area contributed by atoms with Crippen LogP contribution in [0, 0.1) is 11.3 Å². The molecule has 4 aliphatic rings. The summed E-state index contributed by atoms with van der Waals surface area (Å²) in [6.07, 6.45) is 12.7. The normalized spacial score (nSPS) is 27.6. The Kier molecular flexibility index (Phi) is 11.5. The Morgan fingerprint density at radius 2 is 1.87 bits per heavy atom. The number of aliphatic hydroxyl groups excluding tert-OH is 1. The van der Waals surface area contributed by atoms with Crippen LogP contribution >= 0.6 is 11.3 Å². The molecule has 2 fully saturated rings. The van der Waals surface area contributed by atoms with E-state index in [2.05, 4.69) is 54.9 Å². The Hall–Kier alpha value is -2.48. The number of nitrogens with one attached hydrogen (secondary N) is 1. The molecule has 3 N–H and O–H groups in total. The van der Waals surface area contributed by atoms with Crippen LogP contribution in [0.4, 0.5) is 4.79 Å². The number of amides is 2. The molecular weight excluding hydrogens is 593 g/mol. The van der Waals surface area contributed by atoms with Crippen molar-refractivity contribution in [1.82, 2.24) is 10.2 Å². The summed E-state index contributed by atoms with van der Waals surface area (Å²) in [6.45, 7) is 9.07. The van der Waals surface area contributed by atoms with E-state index in [1.165, 1.54) is 16.9 Å². The average Bonchev–Trinajstić information content (AvgIpc) is 3.64. The minimum absolute atomic E-state index is 0.00819. The molecule has 0 unspecified atom stereocenters. The van der Waals surface area contributed by atoms with E-state index in [4.69, 9.17) is 0 Å². The summed E-state index contributed by atoms with van der Waals surface area (Å²) in [6, 6.07) is 10.3. The maximum Gasteiger partial charge on any atom is 0.317 e. The van der Waals surface area contributed by atoms with Crippen LogP contribution in [0.3, 0.4) is 0 Å². The van der Waals surface area contributed by atoms with E-state index < -0.39 is 17.1 Å². The van der Waals surface area contributed by atoms with Crippen molar-refractivity contribution >= 4 is 23.2 Å². The standard InChI is InChI=1S/C39H56N2O4S/c1-27(2)40-37(44)41(22-19-32-13-9-23-46-32)26-39(45)21-18-35-33-17-15-29(25-34(33)36(43)30-11-6-5-7-12-30)24-31(42)16-14-28(3)10-8-20-38(35,39)4/h9-10,13,15,17,23,25,27,30-31,35,42,45H,5-8,11-12,14,16,18-22,24,26H2,1-4H3,(H,40,44)/t31-,35-,38-,39+/m0/s1. The van der Waals surface area contributed by atoms with Gasteiger partial charge in [-0.05, 0) is 120 Å². The number of Topliss-reactive ketones (excluding diaryl/α,β-unsaturated/α-hetero) is 1. The molecule has 1 aromatic heterocycles. The molecule has 0 saturated heterocycles. The van der Waals surface area contributed by atoms with Crippen molar-refractivity contribution in [2.24, 2.45) is 11.3 Å². The Balaban J connectivity index is 1.54. The van der Waals surface area contributed by atoms with E-state index in [1.807, 2.05) is 24.8 Å². The third-order valence-electron chi connectivity index (χ3n) is 11.3. The van der Waals surface area contributed by atoms with E-state index in [0.29, 0.717) is 25.8 Å². The van der Waals surface area contributed by atoms with Crippen molar-refractivity contribution in [2.45, 2.75) is 135 Å². The molecule has 2 amide bonds. The summed E-state index contributed by atoms with van der Waals surface area (Å²) in [5.74, 6) is 0.250. The van der Waals surface area contributed by atoms with Gasteiger partial charge in [-0.1, -0.05) is 56.0 Å². The molecule has 1 heterocycles. The lowest BCUT2D eigenvalue weighted by atomic mass is 9.64. The fourth-order valence-electron chi connectivity index (χ4n) is 8.40. The first-order valence-corrected chi connectivity index (χ1v) is 18.7. The van der Waals surface area contributed by atoms with Gasteiger partial charge in [-0.25, -0.2) is 4.79 Å². The van der Waals surface area contributed by atoms with E-state index in [0.717, 1.165) is 74.5 Å². The third-order valence-corrected chi connectivity index (χ3v) is 12.2. The van der Waals surface area contributed by atoms with Gasteiger partial charge in [0.15, 0.2) is 5.78 Å². The number of allylic oxidation sites excluding steroid dienone is 2. The Morgan fingerprint density at radius 1 is 1.09 bits per heavy atom. The number of nitrogens with zero attached hydrogens (tertiary/aromatic N) is 1. The number of rotatable bonds is 8. The molecule has 0 spiro atoms. The maximum atomic E-state index is 14.3. The largest absolute Gasteiger partial charge is 0.393 e. The zero-order chi connectivity index (χ0) is 32.9. The number of aliphatic hydroxyl groups is 2. The molecule has 6 nitrogen and oxygen atoms in total. The van der Waals surface area contributed by atoms with Crippen LogP contribution in [0.25, 0.3) is 0 Å². The maximum absolute atomic E-state index is 14.3. The van der Waals surface area contributed by atoms with Crippen LogP contribution in [-0.2, 0) is 12.8 Å². The first-order valence-electron chi connectivity index (χ1n) is 17.8. The lowest BCUT2D eigenvalue weighted by Gasteiger charge is -2.46. The quantitative estimate of drug-likeness (QED) is 0.199. The molecule has 0 aliphatic heterocycles. The first-order chi connectivity index (χ1) is 22.0. The number of ketones is 1. The van der Waals surface area contributed by atoms with Crippen LogP contribution in [-0.4, -0.2) is 57.8 Å². The number of thiophene rings is 1. The molecule has 0 radical (unpaired) electrons. The second kappa shape index (κ2) is 15.2. The van der Waals surface area contributed by atoms with Gasteiger partial charge in [0.2, 0.25) is 0 Å². The SMILES string of the molecule is CC1=CCC[C@@]2(C)[C@@H](CC[C@@]2(O)CN(CCc2cccs2)C(=O)NC(C)C)c2ccc(cc2C(=O)C2CCCCC2)C[C@@H](O)CC1. The zero-order valence-electron chi connectivity index (χ0n) is 28.5. The predicted octanol–water partition coefficient (Wildman–Crippen LogP) is 8.21. The second-order valence-electron chi connectivity index (χ2n) is 15.0. The number of hydrogen-bond acceptors (Lipinski definition) is 5. The van der Waals surface area contributed by atoms with Crippen LogP contribution in [0.15, 0.2) is 47.4 Å². The van der Waals surface area contributed by atoms with Crippen molar-refractivity contribution in [3.05, 3.63) is 68.9 Å². The lowest BCUT2D eigenvalue weighted by molar-refractivity contribution is -0.0769. The number of carbonyl (C=O) groups is 2. The van der Waals surface area contributed by atoms with Gasteiger partial charge in [-0.3, -0.25) is 4.79 Å². The minimum Gasteiger partial charge on any atom is -0.393 e. The molecular formula is C39H56N2O4S. The van der Waals surface area contributed by atoms with Crippen molar-refractivity contribution < 1.29 is 19.8 Å². The van der Waals surface area contributed by atoms with Gasteiger partial charge >= 0.3 is 6.03 Å². The molecule has 1 aromatic carbocycles. The summed E-state index contributed by atoms with van der Waals surface area (Å²) in [4.78, 5) is 31.0. The molecule has 7 heteroatoms. The lowest BCUT2D eigenvalue weighted by Crippen LogP contribution is -2.56. The second-order valence-corrected chi connectivity index (χ2v) is 16.0. The van der Waals surface area contributed by atoms with Gasteiger partial charge in [0.25, 0.3) is 0 Å². The van der Waals surface area contributed by atoms with Gasteiger partial charge in [0, 0.05) is 34.4 Å². The summed E-state index contributed by atoms with van der Waals surface area (Å²) in [7, 11) is 0. The van der Waals surface area contributed by atoms with Crippen LogP contribution < -0.4 is 5.32 Å². The molecule has 252 valence electrons. The van der Waals surface area contributed by atoms with Gasteiger partial charge in [-0.2, -0.15) is 0 Å². The van der Waals surface area contributed by atoms with Crippen LogP contribution in [0.2, 0.25) is 0 Å². The fraction of sp³-hybridized carbons (Fsp3) is 0.641. The van der Waals surface area contributed by atoms with E-state index in [-0.39, 0.29) is 36.2 Å². The highest BCUT2D eigenvalue weighted by molar-refractivity contribution is 7.09. The molecule has 2 saturated carbocycles. The monoisotopic (exact) mass is 648 g/mol. The highest BCUT2D eigenvalue weighted by atomic mass is 32.1. The molecule has 6 rings (SSSR count). The smallest absolute Gasteiger partial charge is 0.317 e. The zero-order valence-corrected chi connectivity index (χ0v) is 29.3. The summed E-state index contributed by atoms with van der Waals surface area (Å²) in [5.41, 5.74) is 2.42. The Morgan fingerprint density at radius 3 is 2.59 bits per heavy atom. The number of benzene rings is 1. The highest BCUT2D eigenvalue weighted by Gasteiger charge is 2.57. The molecule has 2 bridgehead atoms. The highest BCUT2D eigenvalue weighted by Crippen LogP contribution is 2.59. The Bertz CT molecular complexity index is 1360. The summed E-state index contributed by atoms with van der Waals surface area (Å²) >= 11 is 1.69. The molecule has 4 atom stereocenters. The number of carbonyl (C=O) groups excluding carboxylic acids is 2. The van der Waals surface area contributed by atoms with Crippen molar-refractivity contribution in [2.75, 3.05) is 13.1 Å². The summed E-state index contributed by atoms with van der Waals surface area (Å²) in [5, 5.41) is 28.9. The number of fused-ring (bicyclic) bond motifs is 8. The van der Waals surface area contributed by atoms with Crippen molar-refractivity contribution in [3.8, 4) is 0 Å².